The Labute approximate surface area is 202 Å². The highest BCUT2D eigenvalue weighted by Gasteiger charge is 2.33. The Kier molecular flexibility index (Phi) is 7.05. The quantitative estimate of drug-likeness (QED) is 0.390. The van der Waals surface area contributed by atoms with Crippen molar-refractivity contribution in [2.45, 2.75) is 12.8 Å². The minimum Gasteiger partial charge on any atom is -0.455 e. The smallest absolute Gasteiger partial charge is 0.309 e. The number of piperidine rings is 1. The maximum absolute atomic E-state index is 12.4. The molecule has 9 heteroatoms. The van der Waals surface area contributed by atoms with E-state index in [9.17, 15) is 24.0 Å². The van der Waals surface area contributed by atoms with E-state index >= 15 is 0 Å². The predicted octanol–water partition coefficient (Wildman–Crippen LogP) is 2.35. The molecule has 1 saturated heterocycles. The first-order chi connectivity index (χ1) is 16.8. The molecule has 0 atom stereocenters. The fourth-order valence-electron chi connectivity index (χ4n) is 4.06. The number of carbonyl (C=O) groups excluding carboxylic acids is 5. The predicted molar refractivity (Wildman–Crippen MR) is 127 cm³/mol. The van der Waals surface area contributed by atoms with Crippen LogP contribution in [-0.2, 0) is 19.1 Å². The molecule has 2 heterocycles. The fraction of sp³-hybridized carbons (Fsp3) is 0.269. The molecule has 2 aliphatic heterocycles. The van der Waals surface area contributed by atoms with Gasteiger partial charge in [0.15, 0.2) is 6.61 Å². The Balaban J connectivity index is 1.21. The molecule has 0 radical (unpaired) electrons. The molecule has 0 bridgehead atoms. The maximum atomic E-state index is 12.4. The normalized spacial score (nSPS) is 15.9. The van der Waals surface area contributed by atoms with Crippen LogP contribution in [0.1, 0.15) is 39.1 Å². The summed E-state index contributed by atoms with van der Waals surface area (Å²) in [4.78, 5) is 63.8. The largest absolute Gasteiger partial charge is 0.455 e. The molecule has 180 valence electrons. The number of esters is 1. The summed E-state index contributed by atoms with van der Waals surface area (Å²) in [7, 11) is 1.39. The van der Waals surface area contributed by atoms with Crippen molar-refractivity contribution < 1.29 is 28.7 Å². The van der Waals surface area contributed by atoms with Gasteiger partial charge < -0.3 is 15.0 Å². The third-order valence-corrected chi connectivity index (χ3v) is 6.08. The van der Waals surface area contributed by atoms with E-state index in [1.165, 1.54) is 31.3 Å². The molecular formula is C26H25N3O6. The third kappa shape index (κ3) is 5.46. The highest BCUT2D eigenvalue weighted by atomic mass is 16.5. The zero-order chi connectivity index (χ0) is 24.9. The SMILES string of the molecule is CN1C(=O)c2ccc(NC(=O)COC(=O)C3CCN(C(=O)/C=C/c4ccccc4)CC3)cc2C1=O. The summed E-state index contributed by atoms with van der Waals surface area (Å²) in [5, 5.41) is 2.57. The Morgan fingerprint density at radius 1 is 1.00 bits per heavy atom. The molecule has 0 aromatic heterocycles. The lowest BCUT2D eigenvalue weighted by atomic mass is 9.97. The second-order valence-corrected chi connectivity index (χ2v) is 8.43. The number of hydrogen-bond acceptors (Lipinski definition) is 6. The zero-order valence-corrected chi connectivity index (χ0v) is 19.2. The standard InChI is InChI=1S/C26H25N3O6/c1-28-24(32)20-9-8-19(15-21(20)25(28)33)27-22(30)16-35-26(34)18-11-13-29(14-12-18)23(31)10-7-17-5-3-2-4-6-17/h2-10,15,18H,11-14,16H2,1H3,(H,27,30)/b10-7+. The van der Waals surface area contributed by atoms with Gasteiger partial charge in [-0.25, -0.2) is 0 Å². The number of imide groups is 1. The monoisotopic (exact) mass is 475 g/mol. The van der Waals surface area contributed by atoms with E-state index in [0.29, 0.717) is 31.6 Å². The highest BCUT2D eigenvalue weighted by molar-refractivity contribution is 6.21. The van der Waals surface area contributed by atoms with Crippen molar-refractivity contribution in [3.05, 3.63) is 71.3 Å². The van der Waals surface area contributed by atoms with Crippen LogP contribution in [0.3, 0.4) is 0 Å². The van der Waals surface area contributed by atoms with Gasteiger partial charge in [-0.3, -0.25) is 28.9 Å². The van der Waals surface area contributed by atoms with Crippen molar-refractivity contribution in [1.29, 1.82) is 0 Å². The lowest BCUT2D eigenvalue weighted by molar-refractivity contribution is -0.153. The lowest BCUT2D eigenvalue weighted by Crippen LogP contribution is -2.40. The Morgan fingerprint density at radius 3 is 2.40 bits per heavy atom. The molecule has 2 aliphatic rings. The zero-order valence-electron chi connectivity index (χ0n) is 19.2. The van der Waals surface area contributed by atoms with Crippen LogP contribution in [0.25, 0.3) is 6.08 Å². The average Bonchev–Trinajstić information content (AvgIpc) is 3.10. The summed E-state index contributed by atoms with van der Waals surface area (Å²) >= 11 is 0. The van der Waals surface area contributed by atoms with E-state index in [1.54, 1.807) is 11.0 Å². The number of anilines is 1. The summed E-state index contributed by atoms with van der Waals surface area (Å²) in [5.74, 6) is -2.36. The number of nitrogens with zero attached hydrogens (tertiary/aromatic N) is 2. The Bertz CT molecular complexity index is 1200. The molecule has 35 heavy (non-hydrogen) atoms. The van der Waals surface area contributed by atoms with Gasteiger partial charge in [0.2, 0.25) is 5.91 Å². The molecular weight excluding hydrogens is 450 g/mol. The van der Waals surface area contributed by atoms with Crippen LogP contribution in [0.5, 0.6) is 0 Å². The van der Waals surface area contributed by atoms with Crippen LogP contribution in [0.4, 0.5) is 5.69 Å². The molecule has 0 spiro atoms. The molecule has 0 saturated carbocycles. The highest BCUT2D eigenvalue weighted by Crippen LogP contribution is 2.25. The molecule has 0 aliphatic carbocycles. The molecule has 9 nitrogen and oxygen atoms in total. The third-order valence-electron chi connectivity index (χ3n) is 6.08. The van der Waals surface area contributed by atoms with Gasteiger partial charge in [-0.05, 0) is 42.7 Å². The van der Waals surface area contributed by atoms with Crippen LogP contribution in [0, 0.1) is 5.92 Å². The molecule has 2 aromatic rings. The van der Waals surface area contributed by atoms with Crippen LogP contribution < -0.4 is 5.32 Å². The van der Waals surface area contributed by atoms with Crippen molar-refractivity contribution >= 4 is 41.4 Å². The van der Waals surface area contributed by atoms with E-state index < -0.39 is 30.3 Å². The van der Waals surface area contributed by atoms with Crippen molar-refractivity contribution in [3.63, 3.8) is 0 Å². The van der Waals surface area contributed by atoms with E-state index in [2.05, 4.69) is 5.32 Å². The minimum atomic E-state index is -0.554. The van der Waals surface area contributed by atoms with E-state index in [4.69, 9.17) is 4.74 Å². The van der Waals surface area contributed by atoms with Crippen LogP contribution in [-0.4, -0.2) is 66.1 Å². The van der Waals surface area contributed by atoms with Crippen LogP contribution >= 0.6 is 0 Å². The molecule has 4 amide bonds. The number of ether oxygens (including phenoxy) is 1. The first-order valence-corrected chi connectivity index (χ1v) is 11.3. The number of hydrogen-bond donors (Lipinski definition) is 1. The number of fused-ring (bicyclic) bond motifs is 1. The van der Waals surface area contributed by atoms with Gasteiger partial charge in [0.05, 0.1) is 17.0 Å². The van der Waals surface area contributed by atoms with Gasteiger partial charge in [-0.15, -0.1) is 0 Å². The van der Waals surface area contributed by atoms with E-state index in [-0.39, 0.29) is 23.0 Å². The maximum Gasteiger partial charge on any atom is 0.309 e. The topological polar surface area (TPSA) is 113 Å². The lowest BCUT2D eigenvalue weighted by Gasteiger charge is -2.30. The molecule has 1 N–H and O–H groups in total. The average molecular weight is 476 g/mol. The second-order valence-electron chi connectivity index (χ2n) is 8.43. The number of nitrogens with one attached hydrogen (secondary N) is 1. The van der Waals surface area contributed by atoms with Crippen LogP contribution in [0.2, 0.25) is 0 Å². The molecule has 1 fully saturated rings. The van der Waals surface area contributed by atoms with E-state index in [0.717, 1.165) is 10.5 Å². The van der Waals surface area contributed by atoms with Crippen molar-refractivity contribution in [3.8, 4) is 0 Å². The summed E-state index contributed by atoms with van der Waals surface area (Å²) in [6.07, 6.45) is 4.20. The number of carbonyl (C=O) groups is 5. The summed E-state index contributed by atoms with van der Waals surface area (Å²) in [6, 6.07) is 13.9. The number of rotatable bonds is 6. The van der Waals surface area contributed by atoms with Gasteiger partial charge in [0.25, 0.3) is 17.7 Å². The van der Waals surface area contributed by atoms with Gasteiger partial charge in [0, 0.05) is 31.9 Å². The van der Waals surface area contributed by atoms with Crippen molar-refractivity contribution in [2.75, 3.05) is 32.1 Å². The Morgan fingerprint density at radius 2 is 1.69 bits per heavy atom. The first-order valence-electron chi connectivity index (χ1n) is 11.3. The number of amides is 4. The van der Waals surface area contributed by atoms with Crippen LogP contribution in [0.15, 0.2) is 54.6 Å². The second kappa shape index (κ2) is 10.3. The molecule has 2 aromatic carbocycles. The van der Waals surface area contributed by atoms with Crippen molar-refractivity contribution in [1.82, 2.24) is 9.80 Å². The van der Waals surface area contributed by atoms with Gasteiger partial charge in [-0.2, -0.15) is 0 Å². The van der Waals surface area contributed by atoms with Gasteiger partial charge in [-0.1, -0.05) is 30.3 Å². The van der Waals surface area contributed by atoms with Gasteiger partial charge in [0.1, 0.15) is 0 Å². The van der Waals surface area contributed by atoms with E-state index in [1.807, 2.05) is 30.3 Å². The summed E-state index contributed by atoms with van der Waals surface area (Å²) in [5.41, 5.74) is 1.76. The Hall–Kier alpha value is -4.27. The minimum absolute atomic E-state index is 0.110. The number of likely N-dealkylation sites (tertiary alicyclic amines) is 1. The van der Waals surface area contributed by atoms with Crippen molar-refractivity contribution in [2.24, 2.45) is 5.92 Å². The number of benzene rings is 2. The molecule has 0 unspecified atom stereocenters. The van der Waals surface area contributed by atoms with Gasteiger partial charge >= 0.3 is 5.97 Å². The first kappa shape index (κ1) is 23.9. The molecule has 4 rings (SSSR count). The summed E-state index contributed by atoms with van der Waals surface area (Å²) in [6.45, 7) is 0.391. The summed E-state index contributed by atoms with van der Waals surface area (Å²) < 4.78 is 5.17. The fourth-order valence-corrected chi connectivity index (χ4v) is 4.06.